The number of Topliss-reactive ketones (excluding diaryl/α,β-unsaturated/α-hetero) is 1. The van der Waals surface area contributed by atoms with Crippen molar-refractivity contribution in [2.75, 3.05) is 24.4 Å². The van der Waals surface area contributed by atoms with Crippen LogP contribution in [-0.2, 0) is 22.4 Å². The van der Waals surface area contributed by atoms with E-state index in [4.69, 9.17) is 4.74 Å². The van der Waals surface area contributed by atoms with Gasteiger partial charge in [-0.15, -0.1) is 11.3 Å². The molecule has 0 saturated heterocycles. The first-order chi connectivity index (χ1) is 17.5. The van der Waals surface area contributed by atoms with Crippen molar-refractivity contribution in [2.45, 2.75) is 38.5 Å². The molecule has 1 aliphatic rings. The molecule has 8 nitrogen and oxygen atoms in total. The van der Waals surface area contributed by atoms with Crippen molar-refractivity contribution in [1.29, 1.82) is 0 Å². The van der Waals surface area contributed by atoms with Crippen molar-refractivity contribution in [1.82, 2.24) is 4.98 Å². The Bertz CT molecular complexity index is 1180. The minimum atomic E-state index is -0.392. The van der Waals surface area contributed by atoms with E-state index in [0.29, 0.717) is 47.4 Å². The zero-order valence-corrected chi connectivity index (χ0v) is 20.9. The number of benzene rings is 2. The lowest BCUT2D eigenvalue weighted by Gasteiger charge is -2.09. The van der Waals surface area contributed by atoms with Crippen molar-refractivity contribution in [3.63, 3.8) is 0 Å². The molecule has 0 bridgehead atoms. The SMILES string of the molecule is COC(=O)c1ccc(OCCc2csc(NC(=O)Nc3ccc(CC(=O)C4CCCC4)cc3)n2)cc1. The Kier molecular flexibility index (Phi) is 8.67. The van der Waals surface area contributed by atoms with Crippen LogP contribution in [0, 0.1) is 5.92 Å². The zero-order chi connectivity index (χ0) is 25.3. The maximum Gasteiger partial charge on any atom is 0.337 e. The van der Waals surface area contributed by atoms with Crippen LogP contribution in [-0.4, -0.2) is 36.5 Å². The third-order valence-corrected chi connectivity index (χ3v) is 6.88. The molecule has 2 N–H and O–H groups in total. The molecule has 188 valence electrons. The predicted molar refractivity (Wildman–Crippen MR) is 139 cm³/mol. The highest BCUT2D eigenvalue weighted by atomic mass is 32.1. The number of esters is 1. The van der Waals surface area contributed by atoms with E-state index in [-0.39, 0.29) is 11.9 Å². The summed E-state index contributed by atoms with van der Waals surface area (Å²) >= 11 is 1.34. The Balaban J connectivity index is 1.19. The van der Waals surface area contributed by atoms with E-state index in [0.717, 1.165) is 36.9 Å². The van der Waals surface area contributed by atoms with Crippen LogP contribution in [0.1, 0.15) is 47.3 Å². The molecule has 3 aromatic rings. The first kappa shape index (κ1) is 25.4. The van der Waals surface area contributed by atoms with Gasteiger partial charge in [0.25, 0.3) is 0 Å². The van der Waals surface area contributed by atoms with Gasteiger partial charge in [0.2, 0.25) is 0 Å². The molecular weight excluding hydrogens is 478 g/mol. The molecule has 0 spiro atoms. The van der Waals surface area contributed by atoms with Gasteiger partial charge in [0.1, 0.15) is 11.5 Å². The number of hydrogen-bond donors (Lipinski definition) is 2. The fourth-order valence-electron chi connectivity index (χ4n) is 4.12. The summed E-state index contributed by atoms with van der Waals surface area (Å²) in [4.78, 5) is 40.6. The Morgan fingerprint density at radius 3 is 2.42 bits per heavy atom. The lowest BCUT2D eigenvalue weighted by Crippen LogP contribution is -2.19. The quantitative estimate of drug-likeness (QED) is 0.351. The van der Waals surface area contributed by atoms with Crippen LogP contribution in [0.4, 0.5) is 15.6 Å². The number of carbonyl (C=O) groups excluding carboxylic acids is 3. The van der Waals surface area contributed by atoms with Crippen LogP contribution in [0.15, 0.2) is 53.9 Å². The molecule has 0 unspecified atom stereocenters. The van der Waals surface area contributed by atoms with E-state index >= 15 is 0 Å². The summed E-state index contributed by atoms with van der Waals surface area (Å²) in [6.45, 7) is 0.405. The standard InChI is InChI=1S/C27H29N3O5S/c1-34-25(32)20-8-12-23(13-9-20)35-15-14-22-17-36-27(29-22)30-26(33)28-21-10-6-18(7-11-21)16-24(31)19-4-2-3-5-19/h6-13,17,19H,2-5,14-16H2,1H3,(H2,28,29,30,33). The molecule has 0 radical (unpaired) electrons. The predicted octanol–water partition coefficient (Wildman–Crippen LogP) is 5.50. The average Bonchev–Trinajstić information content (AvgIpc) is 3.58. The minimum absolute atomic E-state index is 0.211. The van der Waals surface area contributed by atoms with Gasteiger partial charge in [-0.1, -0.05) is 25.0 Å². The number of thiazole rings is 1. The van der Waals surface area contributed by atoms with Crippen molar-refractivity contribution < 1.29 is 23.9 Å². The number of rotatable bonds is 10. The number of nitrogens with one attached hydrogen (secondary N) is 2. The lowest BCUT2D eigenvalue weighted by atomic mass is 9.96. The van der Waals surface area contributed by atoms with Gasteiger partial charge in [-0.2, -0.15) is 0 Å². The first-order valence-electron chi connectivity index (χ1n) is 12.0. The molecular formula is C27H29N3O5S. The van der Waals surface area contributed by atoms with E-state index in [1.807, 2.05) is 17.5 Å². The van der Waals surface area contributed by atoms with Crippen LogP contribution in [0.3, 0.4) is 0 Å². The van der Waals surface area contributed by atoms with Gasteiger partial charge in [-0.05, 0) is 54.8 Å². The van der Waals surface area contributed by atoms with Crippen LogP contribution in [0.2, 0.25) is 0 Å². The molecule has 1 fully saturated rings. The normalized spacial score (nSPS) is 13.2. The zero-order valence-electron chi connectivity index (χ0n) is 20.1. The summed E-state index contributed by atoms with van der Waals surface area (Å²) in [7, 11) is 1.34. The third-order valence-electron chi connectivity index (χ3n) is 6.08. The number of aromatic nitrogens is 1. The number of carbonyl (C=O) groups is 3. The Labute approximate surface area is 214 Å². The highest BCUT2D eigenvalue weighted by Crippen LogP contribution is 2.27. The Morgan fingerprint density at radius 2 is 1.72 bits per heavy atom. The summed E-state index contributed by atoms with van der Waals surface area (Å²) in [5.41, 5.74) is 2.87. The molecule has 1 saturated carbocycles. The number of urea groups is 1. The van der Waals surface area contributed by atoms with Gasteiger partial charge in [-0.25, -0.2) is 14.6 Å². The van der Waals surface area contributed by atoms with Gasteiger partial charge in [-0.3, -0.25) is 10.1 Å². The van der Waals surface area contributed by atoms with E-state index in [9.17, 15) is 14.4 Å². The first-order valence-corrected chi connectivity index (χ1v) is 12.8. The molecule has 2 amide bonds. The van der Waals surface area contributed by atoms with Crippen LogP contribution < -0.4 is 15.4 Å². The van der Waals surface area contributed by atoms with E-state index in [1.165, 1.54) is 18.4 Å². The number of ketones is 1. The average molecular weight is 508 g/mol. The van der Waals surface area contributed by atoms with Crippen LogP contribution in [0.25, 0.3) is 0 Å². The van der Waals surface area contributed by atoms with Crippen molar-refractivity contribution in [2.24, 2.45) is 5.92 Å². The van der Waals surface area contributed by atoms with Gasteiger partial charge >= 0.3 is 12.0 Å². The number of methoxy groups -OCH3 is 1. The fourth-order valence-corrected chi connectivity index (χ4v) is 4.86. The van der Waals surface area contributed by atoms with Gasteiger partial charge < -0.3 is 14.8 Å². The number of hydrogen-bond acceptors (Lipinski definition) is 7. The smallest absolute Gasteiger partial charge is 0.337 e. The molecule has 0 aliphatic heterocycles. The second kappa shape index (κ2) is 12.3. The maximum atomic E-state index is 12.4. The summed E-state index contributed by atoms with van der Waals surface area (Å²) in [5.74, 6) is 0.774. The number of anilines is 2. The van der Waals surface area contributed by atoms with Crippen molar-refractivity contribution in [3.8, 4) is 5.75 Å². The molecule has 4 rings (SSSR count). The number of ether oxygens (including phenoxy) is 2. The van der Waals surface area contributed by atoms with E-state index in [2.05, 4.69) is 20.4 Å². The summed E-state index contributed by atoms with van der Waals surface area (Å²) in [6, 6.07) is 13.7. The molecule has 1 aromatic heterocycles. The van der Waals surface area contributed by atoms with E-state index in [1.54, 1.807) is 36.4 Å². The molecule has 1 heterocycles. The monoisotopic (exact) mass is 507 g/mol. The second-order valence-electron chi connectivity index (χ2n) is 8.66. The fraction of sp³-hybridized carbons (Fsp3) is 0.333. The molecule has 1 aliphatic carbocycles. The Morgan fingerprint density at radius 1 is 1.00 bits per heavy atom. The summed E-state index contributed by atoms with van der Waals surface area (Å²) in [6.07, 6.45) is 5.34. The van der Waals surface area contributed by atoms with Gasteiger partial charge in [0, 0.05) is 29.8 Å². The lowest BCUT2D eigenvalue weighted by molar-refractivity contribution is -0.122. The summed E-state index contributed by atoms with van der Waals surface area (Å²) in [5, 5.41) is 7.89. The van der Waals surface area contributed by atoms with Crippen LogP contribution in [0.5, 0.6) is 5.75 Å². The van der Waals surface area contributed by atoms with Gasteiger partial charge in [0.05, 0.1) is 25.0 Å². The molecule has 36 heavy (non-hydrogen) atoms. The summed E-state index contributed by atoms with van der Waals surface area (Å²) < 4.78 is 10.4. The largest absolute Gasteiger partial charge is 0.493 e. The van der Waals surface area contributed by atoms with Crippen molar-refractivity contribution >= 4 is 39.9 Å². The molecule has 2 aromatic carbocycles. The Hall–Kier alpha value is -3.72. The highest BCUT2D eigenvalue weighted by molar-refractivity contribution is 7.13. The number of amides is 2. The second-order valence-corrected chi connectivity index (χ2v) is 9.52. The molecule has 9 heteroatoms. The third kappa shape index (κ3) is 7.14. The van der Waals surface area contributed by atoms with E-state index < -0.39 is 5.97 Å². The van der Waals surface area contributed by atoms with Crippen molar-refractivity contribution in [3.05, 3.63) is 70.7 Å². The topological polar surface area (TPSA) is 107 Å². The van der Waals surface area contributed by atoms with Gasteiger partial charge in [0.15, 0.2) is 5.13 Å². The maximum absolute atomic E-state index is 12.4. The number of nitrogens with zero attached hydrogens (tertiary/aromatic N) is 1. The molecule has 0 atom stereocenters. The highest BCUT2D eigenvalue weighted by Gasteiger charge is 2.22. The van der Waals surface area contributed by atoms with Crippen LogP contribution >= 0.6 is 11.3 Å². The minimum Gasteiger partial charge on any atom is -0.493 e.